The normalized spacial score (nSPS) is 11.1. The lowest BCUT2D eigenvalue weighted by Gasteiger charge is -2.02. The van der Waals surface area contributed by atoms with E-state index in [2.05, 4.69) is 15.3 Å². The monoisotopic (exact) mass is 305 g/mol. The fourth-order valence-corrected chi connectivity index (χ4v) is 2.38. The molecule has 7 nitrogen and oxygen atoms in total. The summed E-state index contributed by atoms with van der Waals surface area (Å²) in [6.07, 6.45) is 5.89. The summed E-state index contributed by atoms with van der Waals surface area (Å²) >= 11 is 0. The van der Waals surface area contributed by atoms with E-state index in [0.717, 1.165) is 37.3 Å². The fourth-order valence-electron chi connectivity index (χ4n) is 2.38. The molecule has 1 aromatic heterocycles. The number of nitrogens with zero attached hydrogens (tertiary/aromatic N) is 2. The van der Waals surface area contributed by atoms with Crippen LogP contribution in [0.5, 0.6) is 0 Å². The van der Waals surface area contributed by atoms with Gasteiger partial charge in [-0.15, -0.1) is 0 Å². The maximum Gasteiger partial charge on any atom is 0.271 e. The molecular formula is C15H23N5O2. The van der Waals surface area contributed by atoms with Crippen LogP contribution in [0, 0.1) is 10.1 Å². The molecule has 0 fully saturated rings. The molecule has 0 aliphatic rings. The number of H-pyrrole nitrogens is 1. The van der Waals surface area contributed by atoms with Crippen LogP contribution >= 0.6 is 0 Å². The number of nitrogens with two attached hydrogens (primary N) is 1. The molecule has 0 radical (unpaired) electrons. The van der Waals surface area contributed by atoms with E-state index in [1.807, 2.05) is 0 Å². The van der Waals surface area contributed by atoms with Gasteiger partial charge in [0, 0.05) is 12.1 Å². The van der Waals surface area contributed by atoms with Gasteiger partial charge >= 0.3 is 0 Å². The molecule has 22 heavy (non-hydrogen) atoms. The number of benzene rings is 1. The number of rotatable bonds is 10. The minimum atomic E-state index is -0.400. The Morgan fingerprint density at radius 1 is 1.23 bits per heavy atom. The van der Waals surface area contributed by atoms with Crippen molar-refractivity contribution in [2.24, 2.45) is 5.73 Å². The van der Waals surface area contributed by atoms with Gasteiger partial charge in [0.1, 0.15) is 5.82 Å². The highest BCUT2D eigenvalue weighted by molar-refractivity contribution is 5.77. The zero-order valence-corrected chi connectivity index (χ0v) is 12.7. The first-order valence-electron chi connectivity index (χ1n) is 7.74. The van der Waals surface area contributed by atoms with Crippen molar-refractivity contribution in [1.82, 2.24) is 15.3 Å². The van der Waals surface area contributed by atoms with Crippen LogP contribution in [0.2, 0.25) is 0 Å². The molecule has 7 heteroatoms. The Morgan fingerprint density at radius 3 is 2.77 bits per heavy atom. The Morgan fingerprint density at radius 2 is 2.00 bits per heavy atom. The Hall–Kier alpha value is -1.99. The highest BCUT2D eigenvalue weighted by Gasteiger charge is 2.09. The van der Waals surface area contributed by atoms with E-state index in [1.165, 1.54) is 31.4 Å². The third-order valence-electron chi connectivity index (χ3n) is 3.58. The van der Waals surface area contributed by atoms with Gasteiger partial charge in [0.25, 0.3) is 5.69 Å². The standard InChI is InChI=1S/C15H23N5O2/c16-8-4-2-1-3-5-9-17-11-15-18-13-7-6-12(20(21)22)10-14(13)19-15/h6-7,10,17H,1-5,8-9,11,16H2,(H,18,19). The third-order valence-corrected chi connectivity index (χ3v) is 3.58. The van der Waals surface area contributed by atoms with Crippen LogP contribution in [0.3, 0.4) is 0 Å². The molecule has 2 rings (SSSR count). The number of hydrogen-bond donors (Lipinski definition) is 3. The Balaban J connectivity index is 1.74. The van der Waals surface area contributed by atoms with Gasteiger partial charge in [-0.3, -0.25) is 10.1 Å². The van der Waals surface area contributed by atoms with Crippen LogP contribution in [0.25, 0.3) is 11.0 Å². The second-order valence-corrected chi connectivity index (χ2v) is 5.38. The summed E-state index contributed by atoms with van der Waals surface area (Å²) in [4.78, 5) is 17.9. The van der Waals surface area contributed by atoms with Gasteiger partial charge in [-0.2, -0.15) is 0 Å². The second kappa shape index (κ2) is 8.45. The zero-order valence-electron chi connectivity index (χ0n) is 12.7. The number of unbranched alkanes of at least 4 members (excludes halogenated alkanes) is 4. The van der Waals surface area contributed by atoms with E-state index in [1.54, 1.807) is 6.07 Å². The average molecular weight is 305 g/mol. The molecule has 4 N–H and O–H groups in total. The molecule has 0 aliphatic carbocycles. The topological polar surface area (TPSA) is 110 Å². The minimum absolute atomic E-state index is 0.0770. The molecule has 1 aromatic carbocycles. The van der Waals surface area contributed by atoms with Crippen LogP contribution in [0.1, 0.15) is 37.9 Å². The molecule has 0 amide bonds. The number of nitro groups is 1. The second-order valence-electron chi connectivity index (χ2n) is 5.38. The number of nitrogens with one attached hydrogen (secondary N) is 2. The largest absolute Gasteiger partial charge is 0.341 e. The van der Waals surface area contributed by atoms with E-state index in [0.29, 0.717) is 12.1 Å². The summed E-state index contributed by atoms with van der Waals surface area (Å²) in [5.74, 6) is 0.804. The molecule has 0 unspecified atom stereocenters. The molecule has 120 valence electrons. The first-order chi connectivity index (χ1) is 10.7. The van der Waals surface area contributed by atoms with Crippen molar-refractivity contribution in [1.29, 1.82) is 0 Å². The lowest BCUT2D eigenvalue weighted by atomic mass is 10.1. The molecule has 0 saturated heterocycles. The van der Waals surface area contributed by atoms with Crippen molar-refractivity contribution in [3.8, 4) is 0 Å². The van der Waals surface area contributed by atoms with Crippen molar-refractivity contribution in [2.45, 2.75) is 38.6 Å². The smallest absolute Gasteiger partial charge is 0.271 e. The van der Waals surface area contributed by atoms with Gasteiger partial charge in [0.15, 0.2) is 0 Å². The van der Waals surface area contributed by atoms with Crippen LogP contribution in [0.15, 0.2) is 18.2 Å². The van der Waals surface area contributed by atoms with E-state index in [9.17, 15) is 10.1 Å². The van der Waals surface area contributed by atoms with Gasteiger partial charge in [-0.05, 0) is 32.0 Å². The van der Waals surface area contributed by atoms with E-state index < -0.39 is 4.92 Å². The lowest BCUT2D eigenvalue weighted by Crippen LogP contribution is -2.15. The minimum Gasteiger partial charge on any atom is -0.341 e. The van der Waals surface area contributed by atoms with Crippen molar-refractivity contribution in [2.75, 3.05) is 13.1 Å². The summed E-state index contributed by atoms with van der Waals surface area (Å²) in [6.45, 7) is 2.37. The van der Waals surface area contributed by atoms with Crippen LogP contribution in [-0.2, 0) is 6.54 Å². The van der Waals surface area contributed by atoms with Gasteiger partial charge in [-0.25, -0.2) is 4.98 Å². The van der Waals surface area contributed by atoms with E-state index >= 15 is 0 Å². The summed E-state index contributed by atoms with van der Waals surface area (Å²) in [6, 6.07) is 4.66. The highest BCUT2D eigenvalue weighted by atomic mass is 16.6. The van der Waals surface area contributed by atoms with Crippen molar-refractivity contribution in [3.63, 3.8) is 0 Å². The number of fused-ring (bicyclic) bond motifs is 1. The number of imidazole rings is 1. The SMILES string of the molecule is NCCCCCCCNCc1nc2ccc([N+](=O)[O-])cc2[nH]1. The molecule has 1 heterocycles. The van der Waals surface area contributed by atoms with Crippen molar-refractivity contribution >= 4 is 16.7 Å². The number of aromatic nitrogens is 2. The molecule has 2 aromatic rings. The van der Waals surface area contributed by atoms with Crippen LogP contribution in [-0.4, -0.2) is 28.0 Å². The van der Waals surface area contributed by atoms with Gasteiger partial charge in [-0.1, -0.05) is 19.3 Å². The average Bonchev–Trinajstić information content (AvgIpc) is 2.91. The Bertz CT molecular complexity index is 611. The molecule has 0 bridgehead atoms. The van der Waals surface area contributed by atoms with Gasteiger partial charge in [0.05, 0.1) is 22.5 Å². The number of nitro benzene ring substituents is 1. The number of hydrogen-bond acceptors (Lipinski definition) is 5. The fraction of sp³-hybridized carbons (Fsp3) is 0.533. The maximum atomic E-state index is 10.7. The Kier molecular flexibility index (Phi) is 6.29. The highest BCUT2D eigenvalue weighted by Crippen LogP contribution is 2.18. The lowest BCUT2D eigenvalue weighted by molar-refractivity contribution is -0.384. The zero-order chi connectivity index (χ0) is 15.8. The summed E-state index contributed by atoms with van der Waals surface area (Å²) < 4.78 is 0. The predicted molar refractivity (Wildman–Crippen MR) is 86.6 cm³/mol. The summed E-state index contributed by atoms with van der Waals surface area (Å²) in [5, 5.41) is 14.1. The third kappa shape index (κ3) is 4.78. The molecule has 0 spiro atoms. The van der Waals surface area contributed by atoms with Crippen LogP contribution < -0.4 is 11.1 Å². The molecule has 0 saturated carbocycles. The number of non-ortho nitro benzene ring substituents is 1. The predicted octanol–water partition coefficient (Wildman–Crippen LogP) is 2.47. The first kappa shape index (κ1) is 16.4. The Labute approximate surface area is 129 Å². The summed E-state index contributed by atoms with van der Waals surface area (Å²) in [7, 11) is 0. The number of aromatic amines is 1. The molecule has 0 aliphatic heterocycles. The van der Waals surface area contributed by atoms with Gasteiger partial charge in [0.2, 0.25) is 0 Å². The van der Waals surface area contributed by atoms with Crippen LogP contribution in [0.4, 0.5) is 5.69 Å². The molecule has 0 atom stereocenters. The van der Waals surface area contributed by atoms with Crippen molar-refractivity contribution in [3.05, 3.63) is 34.1 Å². The quantitative estimate of drug-likeness (QED) is 0.355. The summed E-state index contributed by atoms with van der Waals surface area (Å²) in [5.41, 5.74) is 6.99. The van der Waals surface area contributed by atoms with Crippen molar-refractivity contribution < 1.29 is 4.92 Å². The molecular weight excluding hydrogens is 282 g/mol. The maximum absolute atomic E-state index is 10.7. The van der Waals surface area contributed by atoms with Gasteiger partial charge < -0.3 is 16.0 Å². The van der Waals surface area contributed by atoms with E-state index in [-0.39, 0.29) is 5.69 Å². The first-order valence-corrected chi connectivity index (χ1v) is 7.74. The van der Waals surface area contributed by atoms with E-state index in [4.69, 9.17) is 5.73 Å².